The fourth-order valence-electron chi connectivity index (χ4n) is 3.98. The maximum absolute atomic E-state index is 9.23. The van der Waals surface area contributed by atoms with Crippen LogP contribution in [0.1, 0.15) is 31.0 Å². The first-order valence-electron chi connectivity index (χ1n) is 10.4. The first-order chi connectivity index (χ1) is 14.1. The number of anilines is 2. The molecule has 1 aromatic rings. The highest BCUT2D eigenvalue weighted by Crippen LogP contribution is 2.41. The van der Waals surface area contributed by atoms with Crippen LogP contribution in [0.3, 0.4) is 0 Å². The summed E-state index contributed by atoms with van der Waals surface area (Å²) in [6, 6.07) is 0. The third-order valence-corrected chi connectivity index (χ3v) is 5.69. The molecule has 0 amide bonds. The molecule has 6 nitrogen and oxygen atoms in total. The summed E-state index contributed by atoms with van der Waals surface area (Å²) in [6.07, 6.45) is 10.5. The number of nitrogens with zero attached hydrogens (tertiary/aromatic N) is 5. The Morgan fingerprint density at radius 2 is 2.10 bits per heavy atom. The molecule has 2 saturated heterocycles. The van der Waals surface area contributed by atoms with Gasteiger partial charge in [-0.25, -0.2) is 10.2 Å². The number of morpholine rings is 1. The fraction of sp³-hybridized carbons (Fsp3) is 0.500. The van der Waals surface area contributed by atoms with Gasteiger partial charge in [-0.2, -0.15) is 4.98 Å². The van der Waals surface area contributed by atoms with Crippen LogP contribution in [0.2, 0.25) is 12.6 Å². The topological polar surface area (TPSA) is 65.3 Å². The predicted molar refractivity (Wildman–Crippen MR) is 120 cm³/mol. The molecule has 1 aromatic heterocycles. The molecule has 0 unspecified atom stereocenters. The Morgan fingerprint density at radius 3 is 2.69 bits per heavy atom. The smallest absolute Gasteiger partial charge is 0.269 e. The Kier molecular flexibility index (Phi) is 7.11. The zero-order valence-electron chi connectivity index (χ0n) is 17.8. The molecule has 2 aliphatic heterocycles. The van der Waals surface area contributed by atoms with Crippen molar-refractivity contribution in [3.63, 3.8) is 0 Å². The average molecular weight is 391 g/mol. The van der Waals surface area contributed by atoms with Gasteiger partial charge in [0.25, 0.3) is 6.71 Å². The summed E-state index contributed by atoms with van der Waals surface area (Å²) in [6.45, 7) is 11.1. The second-order valence-electron chi connectivity index (χ2n) is 7.54. The second-order valence-corrected chi connectivity index (χ2v) is 7.54. The molecular weight excluding hydrogens is 361 g/mol. The van der Waals surface area contributed by atoms with Gasteiger partial charge in [-0.1, -0.05) is 38.3 Å². The summed E-state index contributed by atoms with van der Waals surface area (Å²) in [5, 5.41) is 9.23. The number of hydrogen-bond donors (Lipinski definition) is 0. The Labute approximate surface area is 174 Å². The van der Waals surface area contributed by atoms with Gasteiger partial charge in [0.05, 0.1) is 18.9 Å². The van der Waals surface area contributed by atoms with Gasteiger partial charge in [0, 0.05) is 37.4 Å². The quantitative estimate of drug-likeness (QED) is 0.523. The van der Waals surface area contributed by atoms with Crippen LogP contribution in [0, 0.1) is 11.2 Å². The highest BCUT2D eigenvalue weighted by atomic mass is 16.5. The van der Waals surface area contributed by atoms with E-state index in [9.17, 15) is 5.26 Å². The van der Waals surface area contributed by atoms with Gasteiger partial charge in [-0.15, -0.1) is 0 Å². The number of nitriles is 1. The van der Waals surface area contributed by atoms with Crippen molar-refractivity contribution >= 4 is 18.5 Å². The standard InChI is InChI=1S/C22H30BN5O/c1-5-8-18(9-6-2)27(4)21-19(7-3)20(17-14-23(15-17)16-24)25-22(26-21)28-10-12-29-13-11-28/h5-6,8-9,17H,1,7,10-15H2,2-4H3/b9-6-,18-8+. The Balaban J connectivity index is 2.08. The lowest BCUT2D eigenvalue weighted by atomic mass is 9.32. The Morgan fingerprint density at radius 1 is 1.38 bits per heavy atom. The number of rotatable bonds is 7. The average Bonchev–Trinajstić information content (AvgIpc) is 2.72. The highest BCUT2D eigenvalue weighted by Gasteiger charge is 2.37. The van der Waals surface area contributed by atoms with Gasteiger partial charge in [-0.05, 0) is 31.4 Å². The maximum Gasteiger partial charge on any atom is 0.269 e. The van der Waals surface area contributed by atoms with E-state index in [1.807, 2.05) is 26.1 Å². The van der Waals surface area contributed by atoms with Crippen molar-refractivity contribution in [3.05, 3.63) is 47.8 Å². The molecule has 2 fully saturated rings. The SMILES string of the molecule is C=C/C=C(\C=C/C)N(C)c1nc(N2CCOCC2)nc(C2CB(C#N)C2)c1CC. The molecule has 3 heterocycles. The first kappa shape index (κ1) is 21.1. The van der Waals surface area contributed by atoms with Crippen LogP contribution in [0.25, 0.3) is 0 Å². The molecule has 0 N–H and O–H groups in total. The molecule has 152 valence electrons. The van der Waals surface area contributed by atoms with E-state index in [-0.39, 0.29) is 6.71 Å². The van der Waals surface area contributed by atoms with E-state index in [1.54, 1.807) is 6.08 Å². The summed E-state index contributed by atoms with van der Waals surface area (Å²) in [4.78, 5) is 14.3. The van der Waals surface area contributed by atoms with E-state index in [0.717, 1.165) is 55.3 Å². The molecule has 0 bridgehead atoms. The van der Waals surface area contributed by atoms with Gasteiger partial charge in [-0.3, -0.25) is 0 Å². The zero-order chi connectivity index (χ0) is 20.8. The van der Waals surface area contributed by atoms with Gasteiger partial charge >= 0.3 is 0 Å². The van der Waals surface area contributed by atoms with Crippen LogP contribution in [0.4, 0.5) is 11.8 Å². The predicted octanol–water partition coefficient (Wildman–Crippen LogP) is 3.61. The molecule has 7 heteroatoms. The molecule has 2 aliphatic rings. The van der Waals surface area contributed by atoms with Gasteiger partial charge in [0.2, 0.25) is 5.95 Å². The molecule has 0 saturated carbocycles. The third-order valence-electron chi connectivity index (χ3n) is 5.69. The van der Waals surface area contributed by atoms with Crippen LogP contribution >= 0.6 is 0 Å². The minimum atomic E-state index is 0.145. The fourth-order valence-corrected chi connectivity index (χ4v) is 3.98. The minimum Gasteiger partial charge on any atom is -0.378 e. The lowest BCUT2D eigenvalue weighted by Crippen LogP contribution is -2.38. The Hall–Kier alpha value is -2.59. The van der Waals surface area contributed by atoms with E-state index in [1.165, 1.54) is 5.56 Å². The molecule has 0 spiro atoms. The van der Waals surface area contributed by atoms with Crippen molar-refractivity contribution in [1.29, 1.82) is 5.26 Å². The monoisotopic (exact) mass is 391 g/mol. The molecule has 0 aromatic carbocycles. The first-order valence-corrected chi connectivity index (χ1v) is 10.4. The largest absolute Gasteiger partial charge is 0.378 e. The van der Waals surface area contributed by atoms with E-state index in [4.69, 9.17) is 14.7 Å². The summed E-state index contributed by atoms with van der Waals surface area (Å²) < 4.78 is 5.51. The van der Waals surface area contributed by atoms with Crippen LogP contribution in [-0.4, -0.2) is 50.0 Å². The minimum absolute atomic E-state index is 0.145. The molecular formula is C22H30BN5O. The van der Waals surface area contributed by atoms with E-state index in [2.05, 4.69) is 35.3 Å². The zero-order valence-corrected chi connectivity index (χ0v) is 17.8. The number of hydrogen-bond acceptors (Lipinski definition) is 6. The molecule has 0 atom stereocenters. The number of likely N-dealkylation sites (N-methyl/N-ethyl adjacent to an activating group) is 1. The highest BCUT2D eigenvalue weighted by molar-refractivity contribution is 6.70. The number of aromatic nitrogens is 2. The van der Waals surface area contributed by atoms with Crippen molar-refractivity contribution in [1.82, 2.24) is 9.97 Å². The number of allylic oxidation sites excluding steroid dienone is 4. The van der Waals surface area contributed by atoms with E-state index in [0.29, 0.717) is 19.1 Å². The molecule has 0 radical (unpaired) electrons. The summed E-state index contributed by atoms with van der Waals surface area (Å²) in [7, 11) is 2.04. The third kappa shape index (κ3) is 4.54. The van der Waals surface area contributed by atoms with E-state index >= 15 is 0 Å². The molecule has 29 heavy (non-hydrogen) atoms. The molecule has 3 rings (SSSR count). The van der Waals surface area contributed by atoms with Gasteiger partial charge in [0.1, 0.15) is 5.82 Å². The van der Waals surface area contributed by atoms with Crippen molar-refractivity contribution in [2.24, 2.45) is 0 Å². The van der Waals surface area contributed by atoms with Crippen molar-refractivity contribution in [2.75, 3.05) is 43.2 Å². The lowest BCUT2D eigenvalue weighted by Gasteiger charge is -2.34. The summed E-state index contributed by atoms with van der Waals surface area (Å²) in [5.74, 6) is 4.43. The molecule has 0 aliphatic carbocycles. The van der Waals surface area contributed by atoms with Crippen LogP contribution in [0.5, 0.6) is 0 Å². The number of ether oxygens (including phenoxy) is 1. The van der Waals surface area contributed by atoms with Crippen molar-refractivity contribution in [2.45, 2.75) is 38.8 Å². The van der Waals surface area contributed by atoms with Crippen molar-refractivity contribution < 1.29 is 4.74 Å². The normalized spacial score (nSPS) is 17.9. The maximum atomic E-state index is 9.23. The summed E-state index contributed by atoms with van der Waals surface area (Å²) in [5.41, 5.74) is 3.31. The van der Waals surface area contributed by atoms with Crippen molar-refractivity contribution in [3.8, 4) is 5.97 Å². The van der Waals surface area contributed by atoms with Gasteiger partial charge < -0.3 is 14.5 Å². The van der Waals surface area contributed by atoms with Crippen LogP contribution in [-0.2, 0) is 11.2 Å². The lowest BCUT2D eigenvalue weighted by molar-refractivity contribution is 0.122. The van der Waals surface area contributed by atoms with Gasteiger partial charge in [0.15, 0.2) is 0 Å². The Bertz CT molecular complexity index is 832. The second kappa shape index (κ2) is 9.75. The van der Waals surface area contributed by atoms with E-state index < -0.39 is 0 Å². The van der Waals surface area contributed by atoms with Crippen LogP contribution < -0.4 is 9.80 Å². The van der Waals surface area contributed by atoms with Crippen LogP contribution in [0.15, 0.2) is 36.6 Å². The summed E-state index contributed by atoms with van der Waals surface area (Å²) >= 11 is 0.